The van der Waals surface area contributed by atoms with Gasteiger partial charge in [0.25, 0.3) is 0 Å². The fourth-order valence-electron chi connectivity index (χ4n) is 3.50. The van der Waals surface area contributed by atoms with Gasteiger partial charge in [-0.25, -0.2) is 23.3 Å². The largest absolute Gasteiger partial charge is 0.432 e. The van der Waals surface area contributed by atoms with E-state index in [1.54, 1.807) is 41.3 Å². The Kier molecular flexibility index (Phi) is 6.41. The van der Waals surface area contributed by atoms with Crippen molar-refractivity contribution in [1.29, 1.82) is 0 Å². The van der Waals surface area contributed by atoms with Gasteiger partial charge in [0.05, 0.1) is 10.6 Å². The second-order valence-electron chi connectivity index (χ2n) is 7.39. The first kappa shape index (κ1) is 21.9. The molecule has 3 heterocycles. The van der Waals surface area contributed by atoms with Crippen LogP contribution >= 0.6 is 0 Å². The summed E-state index contributed by atoms with van der Waals surface area (Å²) in [6.45, 7) is 1.17. The highest BCUT2D eigenvalue weighted by Crippen LogP contribution is 2.32. The van der Waals surface area contributed by atoms with E-state index in [4.69, 9.17) is 4.42 Å². The number of halogens is 1. The SMILES string of the molecule is O=S(NCCCNc1nccc(-c2c(-c3ccc(F)cc3)nc3occn23)n1)c1ccccc1. The molecule has 0 saturated carbocycles. The first-order valence-electron chi connectivity index (χ1n) is 10.7. The number of aromatic nitrogens is 4. The minimum Gasteiger partial charge on any atom is -0.432 e. The Bertz CT molecular complexity index is 1420. The molecule has 0 fully saturated rings. The number of nitrogens with one attached hydrogen (secondary N) is 2. The van der Waals surface area contributed by atoms with Crippen LogP contribution in [0.3, 0.4) is 0 Å². The highest BCUT2D eigenvalue weighted by molar-refractivity contribution is 7.83. The van der Waals surface area contributed by atoms with Gasteiger partial charge in [0.2, 0.25) is 5.95 Å². The van der Waals surface area contributed by atoms with Crippen LogP contribution < -0.4 is 10.0 Å². The molecule has 0 amide bonds. The quantitative estimate of drug-likeness (QED) is 0.308. The van der Waals surface area contributed by atoms with E-state index in [0.717, 1.165) is 22.6 Å². The molecule has 5 rings (SSSR count). The van der Waals surface area contributed by atoms with Gasteiger partial charge < -0.3 is 9.73 Å². The van der Waals surface area contributed by atoms with Crippen LogP contribution in [-0.4, -0.2) is 36.7 Å². The van der Waals surface area contributed by atoms with Gasteiger partial charge in [-0.2, -0.15) is 4.98 Å². The van der Waals surface area contributed by atoms with Crippen molar-refractivity contribution in [2.45, 2.75) is 11.3 Å². The first-order chi connectivity index (χ1) is 16.7. The zero-order chi connectivity index (χ0) is 23.3. The third kappa shape index (κ3) is 4.73. The van der Waals surface area contributed by atoms with Crippen LogP contribution in [-0.2, 0) is 11.0 Å². The number of imidazole rings is 1. The normalized spacial score (nSPS) is 12.1. The van der Waals surface area contributed by atoms with Crippen LogP contribution in [0.2, 0.25) is 0 Å². The van der Waals surface area contributed by atoms with E-state index in [9.17, 15) is 8.60 Å². The summed E-state index contributed by atoms with van der Waals surface area (Å²) in [5.74, 6) is 0.564. The lowest BCUT2D eigenvalue weighted by Gasteiger charge is -2.08. The highest BCUT2D eigenvalue weighted by atomic mass is 32.2. The van der Waals surface area contributed by atoms with Crippen LogP contribution in [0.15, 0.2) is 88.6 Å². The van der Waals surface area contributed by atoms with E-state index in [0.29, 0.717) is 36.3 Å². The Morgan fingerprint density at radius 3 is 2.65 bits per heavy atom. The topological polar surface area (TPSA) is 97.3 Å². The van der Waals surface area contributed by atoms with Crippen molar-refractivity contribution in [2.24, 2.45) is 0 Å². The second kappa shape index (κ2) is 9.94. The second-order valence-corrected chi connectivity index (χ2v) is 8.69. The van der Waals surface area contributed by atoms with Crippen molar-refractivity contribution in [3.05, 3.63) is 85.1 Å². The van der Waals surface area contributed by atoms with Crippen molar-refractivity contribution >= 4 is 22.8 Å². The van der Waals surface area contributed by atoms with Crippen LogP contribution in [0.4, 0.5) is 10.3 Å². The van der Waals surface area contributed by atoms with Crippen LogP contribution in [0.1, 0.15) is 6.42 Å². The molecule has 0 saturated heterocycles. The number of hydrogen-bond acceptors (Lipinski definition) is 6. The Morgan fingerprint density at radius 2 is 1.82 bits per heavy atom. The lowest BCUT2D eigenvalue weighted by molar-refractivity contribution is 0.596. The zero-order valence-electron chi connectivity index (χ0n) is 18.0. The number of nitrogens with zero attached hydrogens (tertiary/aromatic N) is 4. The molecule has 0 aliphatic rings. The molecular weight excluding hydrogens is 455 g/mol. The van der Waals surface area contributed by atoms with Crippen molar-refractivity contribution < 1.29 is 13.0 Å². The number of fused-ring (bicyclic) bond motifs is 1. The third-order valence-corrected chi connectivity index (χ3v) is 6.27. The van der Waals surface area contributed by atoms with E-state index in [2.05, 4.69) is 25.0 Å². The molecule has 10 heteroatoms. The van der Waals surface area contributed by atoms with E-state index < -0.39 is 11.0 Å². The minimum atomic E-state index is -1.24. The lowest BCUT2D eigenvalue weighted by Crippen LogP contribution is -2.21. The van der Waals surface area contributed by atoms with Crippen LogP contribution in [0.25, 0.3) is 28.5 Å². The Balaban J connectivity index is 1.28. The molecule has 0 aliphatic carbocycles. The number of anilines is 1. The summed E-state index contributed by atoms with van der Waals surface area (Å²) in [6, 6.07) is 17.2. The predicted molar refractivity (Wildman–Crippen MR) is 128 cm³/mol. The Hall–Kier alpha value is -3.89. The fourth-order valence-corrected chi connectivity index (χ4v) is 4.40. The summed E-state index contributed by atoms with van der Waals surface area (Å²) in [6.07, 6.45) is 5.71. The molecule has 0 spiro atoms. The molecule has 8 nitrogen and oxygen atoms in total. The van der Waals surface area contributed by atoms with E-state index in [-0.39, 0.29) is 5.82 Å². The molecule has 2 aromatic carbocycles. The maximum atomic E-state index is 13.4. The van der Waals surface area contributed by atoms with Crippen molar-refractivity contribution in [3.8, 4) is 22.6 Å². The van der Waals surface area contributed by atoms with Gasteiger partial charge in [0.15, 0.2) is 0 Å². The first-order valence-corrected chi connectivity index (χ1v) is 11.8. The van der Waals surface area contributed by atoms with E-state index >= 15 is 0 Å². The smallest absolute Gasteiger partial charge is 0.306 e. The average molecular weight is 477 g/mol. The maximum absolute atomic E-state index is 13.4. The summed E-state index contributed by atoms with van der Waals surface area (Å²) >= 11 is 0. The summed E-state index contributed by atoms with van der Waals surface area (Å²) in [5.41, 5.74) is 2.76. The Morgan fingerprint density at radius 1 is 1.00 bits per heavy atom. The van der Waals surface area contributed by atoms with Gasteiger partial charge >= 0.3 is 5.84 Å². The molecule has 34 heavy (non-hydrogen) atoms. The molecule has 0 bridgehead atoms. The molecular formula is C24H21FN6O2S. The van der Waals surface area contributed by atoms with Gasteiger partial charge in [-0.05, 0) is 48.9 Å². The maximum Gasteiger partial charge on any atom is 0.306 e. The predicted octanol–water partition coefficient (Wildman–Crippen LogP) is 4.30. The molecule has 1 unspecified atom stereocenters. The van der Waals surface area contributed by atoms with E-state index in [1.165, 1.54) is 12.1 Å². The molecule has 1 atom stereocenters. The summed E-state index contributed by atoms with van der Waals surface area (Å²) < 4.78 is 35.9. The number of oxazole rings is 1. The molecule has 2 N–H and O–H groups in total. The van der Waals surface area contributed by atoms with Crippen LogP contribution in [0, 0.1) is 5.82 Å². The van der Waals surface area contributed by atoms with Gasteiger partial charge in [-0.3, -0.25) is 4.40 Å². The highest BCUT2D eigenvalue weighted by Gasteiger charge is 2.19. The third-order valence-electron chi connectivity index (χ3n) is 5.11. The van der Waals surface area contributed by atoms with E-state index in [1.807, 2.05) is 30.3 Å². The van der Waals surface area contributed by atoms with Gasteiger partial charge in [0, 0.05) is 31.0 Å². The molecule has 5 aromatic rings. The van der Waals surface area contributed by atoms with Crippen molar-refractivity contribution in [3.63, 3.8) is 0 Å². The number of hydrogen-bond donors (Lipinski definition) is 2. The fraction of sp³-hybridized carbons (Fsp3) is 0.125. The van der Waals surface area contributed by atoms with Gasteiger partial charge in [-0.1, -0.05) is 18.2 Å². The number of rotatable bonds is 9. The van der Waals surface area contributed by atoms with Gasteiger partial charge in [-0.15, -0.1) is 0 Å². The van der Waals surface area contributed by atoms with Crippen LogP contribution in [0.5, 0.6) is 0 Å². The molecule has 0 radical (unpaired) electrons. The molecule has 3 aromatic heterocycles. The summed E-state index contributed by atoms with van der Waals surface area (Å²) in [4.78, 5) is 14.3. The summed E-state index contributed by atoms with van der Waals surface area (Å²) in [7, 11) is -1.24. The Labute approximate surface area is 197 Å². The minimum absolute atomic E-state index is 0.316. The lowest BCUT2D eigenvalue weighted by atomic mass is 10.1. The molecule has 0 aliphatic heterocycles. The number of benzene rings is 2. The summed E-state index contributed by atoms with van der Waals surface area (Å²) in [5, 5.41) is 3.21. The standard InChI is InChI=1S/C24H21FN6O2S/c25-18-9-7-17(8-10-18)21-22(31-15-16-33-24(31)30-21)20-11-14-27-23(29-20)26-12-4-13-28-34(32)19-5-2-1-3-6-19/h1-3,5-11,14-16,28H,4,12-13H2,(H,26,27,29). The zero-order valence-corrected chi connectivity index (χ0v) is 18.8. The van der Waals surface area contributed by atoms with Crippen molar-refractivity contribution in [1.82, 2.24) is 24.1 Å². The average Bonchev–Trinajstić information content (AvgIpc) is 3.46. The van der Waals surface area contributed by atoms with Crippen molar-refractivity contribution in [2.75, 3.05) is 18.4 Å². The monoisotopic (exact) mass is 476 g/mol. The van der Waals surface area contributed by atoms with Gasteiger partial charge in [0.1, 0.15) is 34.5 Å². The molecule has 172 valence electrons.